The monoisotopic (exact) mass is 473 g/mol. The van der Waals surface area contributed by atoms with E-state index in [0.717, 1.165) is 35.2 Å². The Morgan fingerprint density at radius 2 is 1.72 bits per heavy atom. The molecule has 0 saturated carbocycles. The predicted octanol–water partition coefficient (Wildman–Crippen LogP) is 7.00. The van der Waals surface area contributed by atoms with Crippen LogP contribution in [0.4, 0.5) is 5.69 Å². The van der Waals surface area contributed by atoms with Crippen LogP contribution in [0.3, 0.4) is 0 Å². The fourth-order valence-electron chi connectivity index (χ4n) is 4.41. The molecule has 1 amide bonds. The van der Waals surface area contributed by atoms with Crippen LogP contribution in [0.5, 0.6) is 0 Å². The number of fused-ring (bicyclic) bond motifs is 1. The summed E-state index contributed by atoms with van der Waals surface area (Å²) in [5.41, 5.74) is 8.25. The van der Waals surface area contributed by atoms with Crippen molar-refractivity contribution in [2.75, 3.05) is 5.32 Å². The van der Waals surface area contributed by atoms with Crippen molar-refractivity contribution in [2.45, 2.75) is 39.7 Å². The lowest BCUT2D eigenvalue weighted by Crippen LogP contribution is -2.04. The number of amides is 1. The average molecular weight is 474 g/mol. The van der Waals surface area contributed by atoms with Gasteiger partial charge < -0.3 is 10.4 Å². The van der Waals surface area contributed by atoms with Gasteiger partial charge in [-0.25, -0.2) is 0 Å². The summed E-state index contributed by atoms with van der Waals surface area (Å²) in [6.45, 7) is 6.12. The maximum Gasteiger partial charge on any atom is 0.256 e. The molecule has 4 rings (SSSR count). The van der Waals surface area contributed by atoms with Gasteiger partial charge in [-0.3, -0.25) is 4.79 Å². The molecule has 36 heavy (non-hydrogen) atoms. The van der Waals surface area contributed by atoms with Gasteiger partial charge in [0.05, 0.1) is 11.3 Å². The van der Waals surface area contributed by atoms with Gasteiger partial charge in [0.1, 0.15) is 6.10 Å². The molecule has 0 fully saturated rings. The number of allylic oxidation sites excluding steroid dienone is 5. The molecule has 0 radical (unpaired) electrons. The van der Waals surface area contributed by atoms with E-state index in [-0.39, 0.29) is 5.91 Å². The van der Waals surface area contributed by atoms with Gasteiger partial charge in [-0.15, -0.1) is 0 Å². The standard InChI is InChI=1S/C33H31NO2/c1-4-10-26(5-2)23(3)21-29-32-28(13-9-14-30(32)34-33(29)36)19-20-31(35)27-17-15-25(16-18-27)22-24-11-7-6-8-12-24/h4,6-18,21,31,35H,5,22H2,1-3H3,(H,34,36)/b10-4-,26-23+,29-21-. The molecule has 1 unspecified atom stereocenters. The Bertz CT molecular complexity index is 1400. The molecule has 1 aliphatic rings. The first-order valence-electron chi connectivity index (χ1n) is 12.3. The third-order valence-corrected chi connectivity index (χ3v) is 6.33. The lowest BCUT2D eigenvalue weighted by atomic mass is 9.96. The van der Waals surface area contributed by atoms with E-state index in [0.29, 0.717) is 11.1 Å². The van der Waals surface area contributed by atoms with Crippen molar-refractivity contribution in [3.05, 3.63) is 130 Å². The third-order valence-electron chi connectivity index (χ3n) is 6.33. The minimum atomic E-state index is -0.924. The molecule has 180 valence electrons. The molecule has 0 aromatic heterocycles. The number of aliphatic hydroxyl groups excluding tert-OH is 1. The number of nitrogens with one attached hydrogen (secondary N) is 1. The average Bonchev–Trinajstić information content (AvgIpc) is 3.22. The number of anilines is 1. The number of hydrogen-bond acceptors (Lipinski definition) is 2. The second-order valence-electron chi connectivity index (χ2n) is 8.88. The van der Waals surface area contributed by atoms with Gasteiger partial charge >= 0.3 is 0 Å². The maximum absolute atomic E-state index is 12.8. The number of rotatable bonds is 6. The minimum Gasteiger partial charge on any atom is -0.376 e. The van der Waals surface area contributed by atoms with Gasteiger partial charge in [0.25, 0.3) is 5.91 Å². The number of hydrogen-bond donors (Lipinski definition) is 2. The fraction of sp³-hybridized carbons (Fsp3) is 0.182. The van der Waals surface area contributed by atoms with Gasteiger partial charge in [-0.1, -0.05) is 91.6 Å². The van der Waals surface area contributed by atoms with Gasteiger partial charge in [0, 0.05) is 11.1 Å². The molecule has 3 aromatic rings. The van der Waals surface area contributed by atoms with E-state index >= 15 is 0 Å². The van der Waals surface area contributed by atoms with Gasteiger partial charge in [-0.2, -0.15) is 0 Å². The summed E-state index contributed by atoms with van der Waals surface area (Å²) < 4.78 is 0. The molecule has 1 atom stereocenters. The van der Waals surface area contributed by atoms with E-state index in [4.69, 9.17) is 0 Å². The van der Waals surface area contributed by atoms with E-state index in [2.05, 4.69) is 42.3 Å². The first kappa shape index (κ1) is 25.0. The van der Waals surface area contributed by atoms with Crippen LogP contribution in [0.1, 0.15) is 61.1 Å². The summed E-state index contributed by atoms with van der Waals surface area (Å²) in [7, 11) is 0. The molecule has 1 aliphatic heterocycles. The Morgan fingerprint density at radius 3 is 2.42 bits per heavy atom. The highest BCUT2D eigenvalue weighted by Gasteiger charge is 2.26. The van der Waals surface area contributed by atoms with E-state index in [9.17, 15) is 9.90 Å². The summed E-state index contributed by atoms with van der Waals surface area (Å²) in [5.74, 6) is 5.96. The van der Waals surface area contributed by atoms with Crippen molar-refractivity contribution >= 4 is 17.2 Å². The van der Waals surface area contributed by atoms with Crippen LogP contribution in [0.2, 0.25) is 0 Å². The Morgan fingerprint density at radius 1 is 1.00 bits per heavy atom. The fourth-order valence-corrected chi connectivity index (χ4v) is 4.41. The number of benzene rings is 3. The number of aliphatic hydroxyl groups is 1. The summed E-state index contributed by atoms with van der Waals surface area (Å²) in [4.78, 5) is 12.8. The van der Waals surface area contributed by atoms with Crippen LogP contribution in [0, 0.1) is 11.8 Å². The van der Waals surface area contributed by atoms with Crippen molar-refractivity contribution in [1.82, 2.24) is 0 Å². The SMILES string of the molecule is C\C=C/C(CC)=C(C)/C=C1\C(=O)Nc2cccc(C#CC(O)c3ccc(Cc4ccccc4)cc3)c21. The van der Waals surface area contributed by atoms with Gasteiger partial charge in [-0.05, 0) is 72.7 Å². The number of carbonyl (C=O) groups is 1. The molecule has 0 bridgehead atoms. The molecular formula is C33H31NO2. The molecule has 3 heteroatoms. The van der Waals surface area contributed by atoms with Crippen LogP contribution < -0.4 is 5.32 Å². The van der Waals surface area contributed by atoms with Gasteiger partial charge in [0.2, 0.25) is 0 Å². The molecule has 2 N–H and O–H groups in total. The van der Waals surface area contributed by atoms with Gasteiger partial charge in [0.15, 0.2) is 0 Å². The highest BCUT2D eigenvalue weighted by molar-refractivity contribution is 6.32. The lowest BCUT2D eigenvalue weighted by Gasteiger charge is -2.07. The Balaban J connectivity index is 1.60. The first-order chi connectivity index (χ1) is 17.5. The quantitative estimate of drug-likeness (QED) is 0.230. The van der Waals surface area contributed by atoms with E-state index in [1.807, 2.05) is 86.7 Å². The van der Waals surface area contributed by atoms with Crippen LogP contribution in [0.15, 0.2) is 102 Å². The molecule has 0 aliphatic carbocycles. The molecule has 0 saturated heterocycles. The smallest absolute Gasteiger partial charge is 0.256 e. The summed E-state index contributed by atoms with van der Waals surface area (Å²) in [6.07, 6.45) is 6.83. The Labute approximate surface area is 213 Å². The predicted molar refractivity (Wildman–Crippen MR) is 148 cm³/mol. The van der Waals surface area contributed by atoms with Crippen molar-refractivity contribution in [2.24, 2.45) is 0 Å². The number of carbonyl (C=O) groups excluding carboxylic acids is 1. The van der Waals surface area contributed by atoms with Crippen LogP contribution in [0.25, 0.3) is 5.57 Å². The van der Waals surface area contributed by atoms with Crippen LogP contribution >= 0.6 is 0 Å². The van der Waals surface area contributed by atoms with Crippen molar-refractivity contribution < 1.29 is 9.90 Å². The zero-order chi connectivity index (χ0) is 25.5. The van der Waals surface area contributed by atoms with Crippen molar-refractivity contribution in [3.8, 4) is 11.8 Å². The van der Waals surface area contributed by atoms with Crippen molar-refractivity contribution in [1.29, 1.82) is 0 Å². The zero-order valence-corrected chi connectivity index (χ0v) is 21.0. The largest absolute Gasteiger partial charge is 0.376 e. The highest BCUT2D eigenvalue weighted by atomic mass is 16.3. The lowest BCUT2D eigenvalue weighted by molar-refractivity contribution is -0.110. The summed E-state index contributed by atoms with van der Waals surface area (Å²) in [6, 6.07) is 23.8. The Hall–Kier alpha value is -4.13. The summed E-state index contributed by atoms with van der Waals surface area (Å²) in [5, 5.41) is 13.7. The van der Waals surface area contributed by atoms with E-state index < -0.39 is 6.10 Å². The van der Waals surface area contributed by atoms with E-state index in [1.165, 1.54) is 16.7 Å². The molecule has 0 spiro atoms. The maximum atomic E-state index is 12.8. The first-order valence-corrected chi connectivity index (χ1v) is 12.3. The minimum absolute atomic E-state index is 0.135. The normalized spacial score (nSPS) is 15.2. The van der Waals surface area contributed by atoms with Crippen molar-refractivity contribution in [3.63, 3.8) is 0 Å². The van der Waals surface area contributed by atoms with E-state index in [1.54, 1.807) is 0 Å². The zero-order valence-electron chi connectivity index (χ0n) is 21.0. The molecular weight excluding hydrogens is 442 g/mol. The second kappa shape index (κ2) is 11.5. The van der Waals surface area contributed by atoms with Crippen LogP contribution in [-0.4, -0.2) is 11.0 Å². The molecule has 1 heterocycles. The Kier molecular flexibility index (Phi) is 8.00. The second-order valence-corrected chi connectivity index (χ2v) is 8.88. The van der Waals surface area contributed by atoms with Crippen LogP contribution in [-0.2, 0) is 11.2 Å². The third kappa shape index (κ3) is 5.74. The highest BCUT2D eigenvalue weighted by Crippen LogP contribution is 2.35. The topological polar surface area (TPSA) is 49.3 Å². The molecule has 3 nitrogen and oxygen atoms in total. The summed E-state index contributed by atoms with van der Waals surface area (Å²) >= 11 is 0. The molecule has 3 aromatic carbocycles.